The molecule has 438 valence electrons. The van der Waals surface area contributed by atoms with Crippen LogP contribution in [0.5, 0.6) is 11.5 Å². The molecule has 0 spiro atoms. The minimum atomic E-state index is -4.85. The van der Waals surface area contributed by atoms with Crippen molar-refractivity contribution in [1.82, 2.24) is 39.5 Å². The molecule has 0 fully saturated rings. The number of aliphatic hydroxyl groups is 2. The van der Waals surface area contributed by atoms with E-state index in [1.807, 2.05) is 0 Å². The fraction of sp³-hybridized carbons (Fsp3) is 0.208. The third kappa shape index (κ3) is 14.9. The molecule has 0 bridgehead atoms. The number of hydrogen-bond donors (Lipinski definition) is 4. The Hall–Kier alpha value is -7.54. The molecule has 2 unspecified atom stereocenters. The van der Waals surface area contributed by atoms with Crippen molar-refractivity contribution in [2.45, 2.75) is 48.4 Å². The molecular weight excluding hydrogens is 1140 g/mol. The zero-order valence-electron chi connectivity index (χ0n) is 74.1. The monoisotopic (exact) mass is 1240 g/mol. The molecule has 0 aliphatic rings. The average molecular weight is 1240 g/mol. The zero-order chi connectivity index (χ0) is 91.8. The van der Waals surface area contributed by atoms with Crippen molar-refractivity contribution in [1.29, 1.82) is 0 Å². The van der Waals surface area contributed by atoms with Crippen LogP contribution in [0, 0.1) is 23.3 Å². The highest BCUT2D eigenvalue weighted by molar-refractivity contribution is 9.10. The lowest BCUT2D eigenvalue weighted by Crippen LogP contribution is -2.48. The van der Waals surface area contributed by atoms with E-state index in [1.165, 1.54) is 6.07 Å². The summed E-state index contributed by atoms with van der Waals surface area (Å²) in [4.78, 5) is 14.0. The van der Waals surface area contributed by atoms with Crippen LogP contribution in [0.15, 0.2) is 151 Å². The van der Waals surface area contributed by atoms with E-state index in [0.29, 0.717) is 52.0 Å². The van der Waals surface area contributed by atoms with E-state index in [4.69, 9.17) is 62.1 Å². The van der Waals surface area contributed by atoms with Crippen LogP contribution >= 0.6 is 15.9 Å². The first kappa shape index (κ1) is 34.4. The maximum absolute atomic E-state index is 16.2. The molecule has 2 atom stereocenters. The van der Waals surface area contributed by atoms with E-state index in [0.717, 1.165) is 37.3 Å². The summed E-state index contributed by atoms with van der Waals surface area (Å²) in [5.41, 5.74) is -14.6. The molecule has 4 heterocycles. The van der Waals surface area contributed by atoms with Crippen molar-refractivity contribution in [3.05, 3.63) is 197 Å². The third-order valence-corrected chi connectivity index (χ3v) is 10.1. The predicted octanol–water partition coefficient (Wildman–Crippen LogP) is 12.1. The van der Waals surface area contributed by atoms with Gasteiger partial charge in [-0.1, -0.05) is 30.2 Å². The molecule has 8 aromatic rings. The van der Waals surface area contributed by atoms with E-state index in [9.17, 15) is 54.1 Å². The fourth-order valence-corrected chi connectivity index (χ4v) is 6.26. The summed E-state index contributed by atoms with van der Waals surface area (Å²) in [7, 11) is -2.27. The van der Waals surface area contributed by atoms with Crippen molar-refractivity contribution in [3.8, 4) is 22.6 Å². The molecule has 0 amide bonds. The van der Waals surface area contributed by atoms with Gasteiger partial charge in [-0.3, -0.25) is 9.97 Å². The van der Waals surface area contributed by atoms with Crippen LogP contribution in [0.3, 0.4) is 0 Å². The summed E-state index contributed by atoms with van der Waals surface area (Å²) in [5.74, 6) is -16.8. The van der Waals surface area contributed by atoms with Crippen LogP contribution in [0.2, 0.25) is 0 Å². The normalized spacial score (nSPS) is 17.3. The highest BCUT2D eigenvalue weighted by atomic mass is 79.9. The van der Waals surface area contributed by atoms with Gasteiger partial charge in [-0.05, 0) is 93.6 Å². The molecule has 0 aliphatic heterocycles. The van der Waals surface area contributed by atoms with Crippen LogP contribution in [0.4, 0.5) is 61.5 Å². The Bertz CT molecular complexity index is 3880. The zero-order valence-corrected chi connectivity index (χ0v) is 39.7. The number of rotatable bonds is 16. The van der Waals surface area contributed by atoms with Gasteiger partial charge in [0, 0.05) is 82.8 Å². The number of hydrogen-bond acceptors (Lipinski definition) is 12. The highest BCUT2D eigenvalue weighted by Crippen LogP contribution is 2.48. The Balaban J connectivity index is -0.000000230. The number of aromatic nitrogens is 8. The van der Waals surface area contributed by atoms with Gasteiger partial charge in [0.25, 0.3) is 0 Å². The maximum atomic E-state index is 16.2. The fourth-order valence-electron chi connectivity index (χ4n) is 6.03. The van der Waals surface area contributed by atoms with Crippen LogP contribution in [-0.2, 0) is 36.0 Å². The Kier molecular flexibility index (Phi) is 10.8. The number of nitrogens with zero attached hydrogens (tertiary/aromatic N) is 8. The number of halogens is 15. The van der Waals surface area contributed by atoms with E-state index in [2.05, 4.69) is 55.5 Å². The van der Waals surface area contributed by atoms with Gasteiger partial charge in [-0.2, -0.15) is 54.1 Å². The van der Waals surface area contributed by atoms with Crippen LogP contribution in [-0.4, -0.2) is 92.4 Å². The molecule has 8 rings (SSSR count). The lowest BCUT2D eigenvalue weighted by molar-refractivity contribution is -0.207. The smallest absolute Gasteiger partial charge is 0.484 e. The summed E-state index contributed by atoms with van der Waals surface area (Å²) in [6.07, 6.45) is -4.95. The lowest BCUT2D eigenvalue weighted by atomic mass is 9.80. The van der Waals surface area contributed by atoms with E-state index in [-0.39, 0.29) is 23.8 Å². The topological polar surface area (TPSA) is 187 Å². The van der Waals surface area contributed by atoms with Gasteiger partial charge in [0.15, 0.2) is 24.4 Å². The van der Waals surface area contributed by atoms with Crippen molar-refractivity contribution in [3.63, 3.8) is 0 Å². The summed E-state index contributed by atoms with van der Waals surface area (Å²) in [5, 5.41) is 47.2. The first-order valence-corrected chi connectivity index (χ1v) is 21.6. The molecule has 0 saturated heterocycles. The summed E-state index contributed by atoms with van der Waals surface area (Å²) < 4.78 is 417. The third-order valence-electron chi connectivity index (χ3n) is 9.61. The standard InChI is InChI=1S/C24H17F7N4O2.C16H11BrF4N4O.C8H8BF3O3.13H2/c25-17-4-7-19(20(26)9-17)22(36,11-35-14-32-13-34-35)24(30,31)21-8-3-16(10-33-21)15-1-5-18(6-2-15)37-12-23(27,28)29;17-10-1-4-14(23-6-10)16(20,21)15(26,7-25-9-22-8-24-25)12-3-2-11(18)5-13(12)19;10-8(11,12)5-15-7-3-1-6(2-4-7)9(13)14;;;;;;;;;;;;;/h1-10,13-14,36H,11-12H2;1-6,8-9,26H,7H2;1-4,13-14H,5H2;13*1H/i1D,2D,5D,6D,11D2;7D2;1D,2D,3D,4D;12*1+1D;1+1. The quantitative estimate of drug-likeness (QED) is 0.0531. The summed E-state index contributed by atoms with van der Waals surface area (Å²) >= 11 is 3.03. The van der Waals surface area contributed by atoms with Gasteiger partial charge in [-0.15, -0.1) is 0 Å². The summed E-state index contributed by atoms with van der Waals surface area (Å²) in [6.45, 7) is -10.8. The number of alkyl halides is 10. The van der Waals surface area contributed by atoms with Gasteiger partial charge < -0.3 is 29.7 Å². The molecule has 4 N–H and O–H groups in total. The Morgan fingerprint density at radius 3 is 1.36 bits per heavy atom. The molecule has 4 aromatic heterocycles. The summed E-state index contributed by atoms with van der Waals surface area (Å²) in [6, 6.07) is -1.49. The lowest BCUT2D eigenvalue weighted by Gasteiger charge is -2.36. The second-order valence-electron chi connectivity index (χ2n) is 15.1. The Morgan fingerprint density at radius 1 is 0.590 bits per heavy atom. The first-order valence-electron chi connectivity index (χ1n) is 38.8. The molecule has 14 nitrogen and oxygen atoms in total. The van der Waals surface area contributed by atoms with E-state index < -0.39 is 185 Å². The van der Waals surface area contributed by atoms with Crippen molar-refractivity contribution in [2.75, 3.05) is 13.2 Å². The SMILES string of the molecule is [2HH].[2H]C([2H])(n1cncn1)C(O)(c1ccc(F)cc1F)C(F)(F)c1ccc(Br)cn1.[2H][2H].[2H][2H].[2H][2H].[2H][2H].[2H][2H].[2H][2H].[2H][2H].[2H][2H].[2H][2H].[2H][2H].[2H][2H].[2H][2H].[2H]c1c([2H])c(-c2ccc(C(F)(F)C(O)(c3ccc(F)cc3F)C([2H])([2H])n3cncn3)nc2)c([2H])c([2H])c1OCC(F)(F)F.[2H]c1c([2H])c(B(O)O)c([2H])c([2H])c1OCC(F)(F)F. The van der Waals surface area contributed by atoms with Crippen LogP contribution in [0.1, 0.15) is 76.0 Å². The van der Waals surface area contributed by atoms with E-state index in [1.54, 1.807) is 0 Å². The highest BCUT2D eigenvalue weighted by Gasteiger charge is 2.59. The maximum Gasteiger partial charge on any atom is 0.488 e. The first-order chi connectivity index (χ1) is 53.4. The molecule has 0 radical (unpaired) electrons. The predicted molar refractivity (Wildman–Crippen MR) is 277 cm³/mol. The Labute approximate surface area is 494 Å². The van der Waals surface area contributed by atoms with Crippen molar-refractivity contribution in [2.24, 2.45) is 0 Å². The van der Waals surface area contributed by atoms with Gasteiger partial charge in [0.2, 0.25) is 0 Å². The van der Waals surface area contributed by atoms with Gasteiger partial charge in [-0.25, -0.2) is 36.9 Å². The minimum absolute atomic E-state index is 0. The Morgan fingerprint density at radius 2 is 1.01 bits per heavy atom. The van der Waals surface area contributed by atoms with Crippen LogP contribution < -0.4 is 14.9 Å². The van der Waals surface area contributed by atoms with Crippen LogP contribution in [0.25, 0.3) is 11.1 Å². The largest absolute Gasteiger partial charge is 0.488 e. The molecule has 0 aliphatic carbocycles. The van der Waals surface area contributed by atoms with E-state index >= 15 is 17.6 Å². The van der Waals surface area contributed by atoms with Crippen molar-refractivity contribution >= 4 is 28.5 Å². The molecule has 4 aromatic carbocycles. The number of ether oxygens (including phenoxy) is 2. The molecule has 78 heavy (non-hydrogen) atoms. The number of pyridine rings is 2. The molecular formula is C48H62BBrF14N8O6. The van der Waals surface area contributed by atoms with Crippen molar-refractivity contribution < 1.29 is 145 Å². The number of benzene rings is 4. The van der Waals surface area contributed by atoms with Gasteiger partial charge >= 0.3 is 31.3 Å². The second kappa shape index (κ2) is 24.4. The molecule has 30 heteroatoms. The minimum Gasteiger partial charge on any atom is -0.484 e. The van der Waals surface area contributed by atoms with Gasteiger partial charge in [0.1, 0.15) is 71.5 Å². The molecule has 0 saturated carbocycles. The second-order valence-corrected chi connectivity index (χ2v) is 16.1. The average Bonchev–Trinajstić information content (AvgIpc) is 1.50. The van der Waals surface area contributed by atoms with Gasteiger partial charge in [0.05, 0.1) is 29.4 Å².